The fourth-order valence-corrected chi connectivity index (χ4v) is 4.72. The molecule has 1 fully saturated rings. The Hall–Kier alpha value is -3.66. The molecular formula is C26H26Cl2N6O3. The molecule has 0 aliphatic carbocycles. The van der Waals surface area contributed by atoms with Gasteiger partial charge in [0.25, 0.3) is 11.8 Å². The Balaban J connectivity index is 1.33. The molecule has 1 aliphatic rings. The van der Waals surface area contributed by atoms with Crippen LogP contribution in [0.1, 0.15) is 39.8 Å². The number of H-pyrrole nitrogens is 1. The fourth-order valence-electron chi connectivity index (χ4n) is 4.15. The van der Waals surface area contributed by atoms with Gasteiger partial charge in [0.05, 0.1) is 27.5 Å². The van der Waals surface area contributed by atoms with E-state index in [-0.39, 0.29) is 44.8 Å². The van der Waals surface area contributed by atoms with Gasteiger partial charge in [0.1, 0.15) is 5.69 Å². The number of benzene rings is 2. The van der Waals surface area contributed by atoms with E-state index in [1.54, 1.807) is 31.2 Å². The Morgan fingerprint density at radius 2 is 1.86 bits per heavy atom. The van der Waals surface area contributed by atoms with Crippen molar-refractivity contribution in [2.24, 2.45) is 0 Å². The van der Waals surface area contributed by atoms with Crippen molar-refractivity contribution in [3.8, 4) is 0 Å². The highest BCUT2D eigenvalue weighted by Crippen LogP contribution is 2.26. The summed E-state index contributed by atoms with van der Waals surface area (Å²) in [4.78, 5) is 39.7. The van der Waals surface area contributed by atoms with Crippen LogP contribution in [0, 0.1) is 0 Å². The molecule has 0 bridgehead atoms. The van der Waals surface area contributed by atoms with Crippen LogP contribution in [0.25, 0.3) is 0 Å². The first-order valence-electron chi connectivity index (χ1n) is 11.7. The van der Waals surface area contributed by atoms with Gasteiger partial charge in [-0.25, -0.2) is 0 Å². The van der Waals surface area contributed by atoms with Gasteiger partial charge in [-0.1, -0.05) is 47.5 Å². The number of carbonyl (C=O) groups excluding carboxylic acids is 3. The van der Waals surface area contributed by atoms with Crippen LogP contribution in [0.5, 0.6) is 0 Å². The molecule has 1 saturated heterocycles. The smallest absolute Gasteiger partial charge is 0.271 e. The molecule has 1 aromatic heterocycles. The Morgan fingerprint density at radius 3 is 2.62 bits per heavy atom. The van der Waals surface area contributed by atoms with E-state index in [0.717, 1.165) is 24.2 Å². The van der Waals surface area contributed by atoms with Gasteiger partial charge in [-0.05, 0) is 49.2 Å². The third kappa shape index (κ3) is 6.76. The van der Waals surface area contributed by atoms with E-state index in [2.05, 4.69) is 31.0 Å². The van der Waals surface area contributed by atoms with E-state index in [1.807, 2.05) is 24.3 Å². The van der Waals surface area contributed by atoms with Crippen molar-refractivity contribution in [1.29, 1.82) is 0 Å². The summed E-state index contributed by atoms with van der Waals surface area (Å²) < 4.78 is 0. The average Bonchev–Trinajstić information content (AvgIpc) is 3.48. The lowest BCUT2D eigenvalue weighted by atomic mass is 10.2. The van der Waals surface area contributed by atoms with E-state index < -0.39 is 5.91 Å². The topological polar surface area (TPSA) is 119 Å². The van der Waals surface area contributed by atoms with Gasteiger partial charge < -0.3 is 16.0 Å². The summed E-state index contributed by atoms with van der Waals surface area (Å²) in [6.45, 7) is 3.94. The molecule has 1 atom stereocenters. The number of likely N-dealkylation sites (tertiary alicyclic amines) is 1. The first-order chi connectivity index (χ1) is 17.8. The van der Waals surface area contributed by atoms with Gasteiger partial charge in [-0.3, -0.25) is 24.4 Å². The number of allylic oxidation sites excluding steroid dienone is 1. The zero-order valence-corrected chi connectivity index (χ0v) is 21.6. The second kappa shape index (κ2) is 12.1. The zero-order chi connectivity index (χ0) is 26.4. The third-order valence-corrected chi connectivity index (χ3v) is 6.46. The molecule has 0 radical (unpaired) electrons. The standard InChI is InChI=1S/C26H26Cl2N6O3/c1-2-5-22(35)30-17-7-3-6-16(12-17)14-34-11-10-18(15-34)31-26(37)24-21(13-29-33-24)32-25(36)23-19(27)8-4-9-20(23)28/h2-9,12-13,18H,10-11,14-15H2,1H3,(H,29,33)(H,30,35)(H,31,37)(H,32,36)/t18-/m0/s1. The van der Waals surface area contributed by atoms with Crippen molar-refractivity contribution >= 4 is 52.3 Å². The molecular weight excluding hydrogens is 515 g/mol. The number of halogens is 2. The van der Waals surface area contributed by atoms with E-state index in [1.165, 1.54) is 12.3 Å². The second-order valence-corrected chi connectivity index (χ2v) is 9.41. The van der Waals surface area contributed by atoms with E-state index in [9.17, 15) is 14.4 Å². The highest BCUT2D eigenvalue weighted by Gasteiger charge is 2.26. The molecule has 0 unspecified atom stereocenters. The Bertz CT molecular complexity index is 1320. The summed E-state index contributed by atoms with van der Waals surface area (Å²) in [6, 6.07) is 12.4. The third-order valence-electron chi connectivity index (χ3n) is 5.83. The van der Waals surface area contributed by atoms with E-state index in [0.29, 0.717) is 13.1 Å². The number of hydrogen-bond acceptors (Lipinski definition) is 5. The molecule has 37 heavy (non-hydrogen) atoms. The van der Waals surface area contributed by atoms with Crippen molar-refractivity contribution in [2.45, 2.75) is 25.9 Å². The number of rotatable bonds is 8. The van der Waals surface area contributed by atoms with Gasteiger partial charge in [0, 0.05) is 31.4 Å². The van der Waals surface area contributed by atoms with Crippen LogP contribution in [0.15, 0.2) is 60.8 Å². The van der Waals surface area contributed by atoms with Gasteiger partial charge in [0.2, 0.25) is 5.91 Å². The monoisotopic (exact) mass is 540 g/mol. The lowest BCUT2D eigenvalue weighted by Crippen LogP contribution is -2.37. The number of amides is 3. The predicted molar refractivity (Wildman–Crippen MR) is 144 cm³/mol. The molecule has 11 heteroatoms. The van der Waals surface area contributed by atoms with Gasteiger partial charge in [-0.15, -0.1) is 0 Å². The number of aromatic amines is 1. The number of nitrogens with one attached hydrogen (secondary N) is 4. The maximum atomic E-state index is 13.0. The van der Waals surface area contributed by atoms with Crippen LogP contribution < -0.4 is 16.0 Å². The summed E-state index contributed by atoms with van der Waals surface area (Å²) in [5.74, 6) is -1.09. The molecule has 2 heterocycles. The highest BCUT2D eigenvalue weighted by molar-refractivity contribution is 6.40. The predicted octanol–water partition coefficient (Wildman–Crippen LogP) is 4.49. The molecule has 192 valence electrons. The molecule has 3 aromatic rings. The number of anilines is 2. The average molecular weight is 541 g/mol. The molecule has 4 rings (SSSR count). The Labute approximate surface area is 224 Å². The van der Waals surface area contributed by atoms with E-state index >= 15 is 0 Å². The van der Waals surface area contributed by atoms with Crippen molar-refractivity contribution in [3.63, 3.8) is 0 Å². The van der Waals surface area contributed by atoms with Crippen LogP contribution in [0.2, 0.25) is 10.0 Å². The van der Waals surface area contributed by atoms with Crippen molar-refractivity contribution in [3.05, 3.63) is 87.7 Å². The normalized spacial score (nSPS) is 15.6. The lowest BCUT2D eigenvalue weighted by molar-refractivity contribution is -0.111. The summed E-state index contributed by atoms with van der Waals surface area (Å²) in [6.07, 6.45) is 5.30. The summed E-state index contributed by atoms with van der Waals surface area (Å²) in [7, 11) is 0. The van der Waals surface area contributed by atoms with Crippen LogP contribution in [-0.4, -0.2) is 52.0 Å². The van der Waals surface area contributed by atoms with Gasteiger partial charge >= 0.3 is 0 Å². The van der Waals surface area contributed by atoms with Crippen LogP contribution in [-0.2, 0) is 11.3 Å². The SMILES string of the molecule is CC=CC(=O)Nc1cccc(CN2CC[C@H](NC(=O)c3[nH]ncc3NC(=O)c3c(Cl)cccc3Cl)C2)c1. The van der Waals surface area contributed by atoms with Crippen LogP contribution >= 0.6 is 23.2 Å². The molecule has 0 saturated carbocycles. The maximum Gasteiger partial charge on any atom is 0.271 e. The minimum Gasteiger partial charge on any atom is -0.347 e. The molecule has 1 aliphatic heterocycles. The molecule has 4 N–H and O–H groups in total. The first kappa shape index (κ1) is 26.4. The molecule has 2 aromatic carbocycles. The number of aromatic nitrogens is 2. The number of nitrogens with zero attached hydrogens (tertiary/aromatic N) is 2. The minimum atomic E-state index is -0.540. The molecule has 3 amide bonds. The Morgan fingerprint density at radius 1 is 1.11 bits per heavy atom. The number of hydrogen-bond donors (Lipinski definition) is 4. The number of carbonyl (C=O) groups is 3. The van der Waals surface area contributed by atoms with Crippen molar-refractivity contribution in [1.82, 2.24) is 20.4 Å². The van der Waals surface area contributed by atoms with Crippen LogP contribution in [0.4, 0.5) is 11.4 Å². The van der Waals surface area contributed by atoms with Crippen molar-refractivity contribution < 1.29 is 14.4 Å². The fraction of sp³-hybridized carbons (Fsp3) is 0.231. The largest absolute Gasteiger partial charge is 0.347 e. The van der Waals surface area contributed by atoms with E-state index in [4.69, 9.17) is 23.2 Å². The summed E-state index contributed by atoms with van der Waals surface area (Å²) in [5.41, 5.74) is 2.28. The molecule has 9 nitrogen and oxygen atoms in total. The van der Waals surface area contributed by atoms with Gasteiger partial charge in [-0.2, -0.15) is 5.10 Å². The highest BCUT2D eigenvalue weighted by atomic mass is 35.5. The van der Waals surface area contributed by atoms with Crippen LogP contribution in [0.3, 0.4) is 0 Å². The summed E-state index contributed by atoms with van der Waals surface area (Å²) >= 11 is 12.2. The summed E-state index contributed by atoms with van der Waals surface area (Å²) in [5, 5.41) is 15.5. The Kier molecular flexibility index (Phi) is 8.60. The minimum absolute atomic E-state index is 0.0741. The lowest BCUT2D eigenvalue weighted by Gasteiger charge is -2.17. The van der Waals surface area contributed by atoms with Gasteiger partial charge in [0.15, 0.2) is 0 Å². The van der Waals surface area contributed by atoms with Crippen molar-refractivity contribution in [2.75, 3.05) is 23.7 Å². The zero-order valence-electron chi connectivity index (χ0n) is 20.1. The molecule has 0 spiro atoms. The quantitative estimate of drug-likeness (QED) is 0.314. The second-order valence-electron chi connectivity index (χ2n) is 8.59. The first-order valence-corrected chi connectivity index (χ1v) is 12.4. The maximum absolute atomic E-state index is 13.0.